The maximum Gasteiger partial charge on any atom is 0.159 e. The Morgan fingerprint density at radius 3 is 2.72 bits per heavy atom. The zero-order valence-electron chi connectivity index (χ0n) is 18.1. The summed E-state index contributed by atoms with van der Waals surface area (Å²) in [5, 5.41) is 9.22. The maximum atomic E-state index is 4.89. The van der Waals surface area contributed by atoms with Gasteiger partial charge in [-0.1, -0.05) is 60.7 Å². The molecule has 5 nitrogen and oxygen atoms in total. The molecule has 0 aliphatic carbocycles. The molecule has 0 spiro atoms. The van der Waals surface area contributed by atoms with Gasteiger partial charge in [0.1, 0.15) is 5.69 Å². The molecule has 0 aliphatic heterocycles. The van der Waals surface area contributed by atoms with E-state index in [1.165, 1.54) is 5.56 Å². The number of pyridine rings is 1. The number of nitrogens with one attached hydrogen (secondary N) is 2. The van der Waals surface area contributed by atoms with E-state index in [9.17, 15) is 0 Å². The van der Waals surface area contributed by atoms with Gasteiger partial charge in [-0.05, 0) is 49.3 Å². The van der Waals surface area contributed by atoms with Crippen LogP contribution in [0.25, 0.3) is 51.9 Å². The van der Waals surface area contributed by atoms with Gasteiger partial charge in [0.2, 0.25) is 0 Å². The minimum absolute atomic E-state index is 0.700. The van der Waals surface area contributed by atoms with Gasteiger partial charge in [0, 0.05) is 17.0 Å². The average molecular weight is 418 g/mol. The van der Waals surface area contributed by atoms with Crippen molar-refractivity contribution in [3.05, 3.63) is 94.8 Å². The van der Waals surface area contributed by atoms with Crippen molar-refractivity contribution in [2.24, 2.45) is 0 Å². The van der Waals surface area contributed by atoms with Gasteiger partial charge in [-0.25, -0.2) is 4.98 Å². The molecule has 0 atom stereocenters. The van der Waals surface area contributed by atoms with Crippen LogP contribution in [-0.2, 0) is 0 Å². The van der Waals surface area contributed by atoms with Gasteiger partial charge in [0.25, 0.3) is 0 Å². The number of nitrogens with zero attached hydrogens (tertiary/aromatic N) is 3. The first kappa shape index (κ1) is 19.7. The molecule has 3 heterocycles. The third-order valence-corrected chi connectivity index (χ3v) is 5.53. The Morgan fingerprint density at radius 1 is 1.03 bits per heavy atom. The summed E-state index contributed by atoms with van der Waals surface area (Å²) < 4.78 is 0. The molecule has 0 aliphatic rings. The topological polar surface area (TPSA) is 70.2 Å². The SMILES string of the molecule is C=c1c(-c2nc3c(-c4cccc(C)c4)cccc3[nH]2)n[nH]/c1=C/C=C(\C)c1ccccn1. The van der Waals surface area contributed by atoms with E-state index in [1.54, 1.807) is 6.20 Å². The van der Waals surface area contributed by atoms with Crippen molar-refractivity contribution in [3.63, 3.8) is 0 Å². The van der Waals surface area contributed by atoms with Crippen LogP contribution in [0, 0.1) is 6.92 Å². The molecule has 156 valence electrons. The molecule has 3 aromatic heterocycles. The Labute approximate surface area is 185 Å². The van der Waals surface area contributed by atoms with E-state index in [-0.39, 0.29) is 0 Å². The molecular weight excluding hydrogens is 394 g/mol. The van der Waals surface area contributed by atoms with Crippen molar-refractivity contribution in [1.29, 1.82) is 0 Å². The van der Waals surface area contributed by atoms with Gasteiger partial charge in [-0.3, -0.25) is 10.1 Å². The van der Waals surface area contributed by atoms with Gasteiger partial charge < -0.3 is 4.98 Å². The van der Waals surface area contributed by atoms with Crippen LogP contribution in [0.1, 0.15) is 18.2 Å². The summed E-state index contributed by atoms with van der Waals surface area (Å²) >= 11 is 0. The van der Waals surface area contributed by atoms with E-state index in [4.69, 9.17) is 4.98 Å². The third-order valence-electron chi connectivity index (χ3n) is 5.53. The summed E-state index contributed by atoms with van der Waals surface area (Å²) in [4.78, 5) is 12.7. The fourth-order valence-corrected chi connectivity index (χ4v) is 3.79. The number of H-pyrrole nitrogens is 2. The second-order valence-electron chi connectivity index (χ2n) is 7.85. The predicted octanol–water partition coefficient (Wildman–Crippen LogP) is 4.62. The molecule has 2 N–H and O–H groups in total. The fourth-order valence-electron chi connectivity index (χ4n) is 3.79. The summed E-state index contributed by atoms with van der Waals surface area (Å²) in [6.07, 6.45) is 5.78. The molecule has 0 bridgehead atoms. The number of rotatable bonds is 4. The average Bonchev–Trinajstić information content (AvgIpc) is 3.41. The Balaban J connectivity index is 1.55. The lowest BCUT2D eigenvalue weighted by Gasteiger charge is -2.03. The number of allylic oxidation sites excluding steroid dienone is 2. The molecule has 0 saturated heterocycles. The molecule has 2 aromatic carbocycles. The lowest BCUT2D eigenvalue weighted by molar-refractivity contribution is 1.06. The molecule has 0 amide bonds. The van der Waals surface area contributed by atoms with E-state index in [0.717, 1.165) is 44.0 Å². The molecule has 32 heavy (non-hydrogen) atoms. The molecule has 5 heteroatoms. The predicted molar refractivity (Wildman–Crippen MR) is 131 cm³/mol. The number of aromatic amines is 2. The highest BCUT2D eigenvalue weighted by molar-refractivity contribution is 5.93. The first-order valence-corrected chi connectivity index (χ1v) is 10.5. The van der Waals surface area contributed by atoms with Crippen LogP contribution in [-0.4, -0.2) is 25.1 Å². The molecule has 0 unspecified atom stereocenters. The number of hydrogen-bond acceptors (Lipinski definition) is 3. The van der Waals surface area contributed by atoms with E-state index in [2.05, 4.69) is 64.0 Å². The van der Waals surface area contributed by atoms with Crippen LogP contribution in [0.15, 0.2) is 72.9 Å². The van der Waals surface area contributed by atoms with Crippen LogP contribution in [0.5, 0.6) is 0 Å². The lowest BCUT2D eigenvalue weighted by atomic mass is 10.0. The van der Waals surface area contributed by atoms with Gasteiger partial charge in [0.15, 0.2) is 5.82 Å². The van der Waals surface area contributed by atoms with Crippen LogP contribution in [0.4, 0.5) is 0 Å². The van der Waals surface area contributed by atoms with Crippen molar-refractivity contribution < 1.29 is 0 Å². The summed E-state index contributed by atoms with van der Waals surface area (Å²) in [6, 6.07) is 20.5. The number of aromatic nitrogens is 5. The lowest BCUT2D eigenvalue weighted by Crippen LogP contribution is -2.21. The summed E-state index contributed by atoms with van der Waals surface area (Å²) in [7, 11) is 0. The molecule has 0 saturated carbocycles. The highest BCUT2D eigenvalue weighted by Crippen LogP contribution is 2.29. The molecular formula is C27H23N5. The van der Waals surface area contributed by atoms with Crippen LogP contribution < -0.4 is 10.6 Å². The monoisotopic (exact) mass is 417 g/mol. The summed E-state index contributed by atoms with van der Waals surface area (Å²) in [6.45, 7) is 8.37. The van der Waals surface area contributed by atoms with Crippen molar-refractivity contribution in [2.75, 3.05) is 0 Å². The van der Waals surface area contributed by atoms with Crippen LogP contribution in [0.3, 0.4) is 0 Å². The van der Waals surface area contributed by atoms with Crippen molar-refractivity contribution in [1.82, 2.24) is 25.1 Å². The smallest absolute Gasteiger partial charge is 0.159 e. The number of aryl methyl sites for hydroxylation is 1. The number of imidazole rings is 1. The third kappa shape index (κ3) is 3.65. The van der Waals surface area contributed by atoms with E-state index < -0.39 is 0 Å². The Morgan fingerprint density at radius 2 is 1.91 bits per heavy atom. The molecule has 0 radical (unpaired) electrons. The Kier molecular flexibility index (Phi) is 5.00. The first-order valence-electron chi connectivity index (χ1n) is 10.5. The van der Waals surface area contributed by atoms with Crippen LogP contribution in [0.2, 0.25) is 0 Å². The first-order chi connectivity index (χ1) is 15.6. The van der Waals surface area contributed by atoms with Gasteiger partial charge >= 0.3 is 0 Å². The maximum absolute atomic E-state index is 4.89. The summed E-state index contributed by atoms with van der Waals surface area (Å²) in [5.41, 5.74) is 8.07. The number of para-hydroxylation sites is 1. The minimum Gasteiger partial charge on any atom is -0.337 e. The molecule has 5 aromatic rings. The van der Waals surface area contributed by atoms with Gasteiger partial charge in [0.05, 0.1) is 22.1 Å². The highest BCUT2D eigenvalue weighted by Gasteiger charge is 2.13. The van der Waals surface area contributed by atoms with E-state index in [0.29, 0.717) is 11.5 Å². The highest BCUT2D eigenvalue weighted by atomic mass is 15.1. The molecule has 0 fully saturated rings. The van der Waals surface area contributed by atoms with Gasteiger partial charge in [-0.2, -0.15) is 5.10 Å². The Bertz CT molecular complexity index is 1550. The van der Waals surface area contributed by atoms with E-state index >= 15 is 0 Å². The van der Waals surface area contributed by atoms with Crippen molar-refractivity contribution >= 4 is 29.3 Å². The number of hydrogen-bond donors (Lipinski definition) is 2. The van der Waals surface area contributed by atoms with E-state index in [1.807, 2.05) is 49.4 Å². The number of fused-ring (bicyclic) bond motifs is 1. The standard InChI is InChI=1S/C27H23N5/c1-17-8-6-9-20(16-17)21-10-7-12-24-26(21)30-27(29-24)25-19(3)23(31-32-25)14-13-18(2)22-11-4-5-15-28-22/h4-16,31H,3H2,1-2H3,(H,29,30)/b18-13+,23-14+. The zero-order valence-corrected chi connectivity index (χ0v) is 18.1. The quantitative estimate of drug-likeness (QED) is 0.448. The van der Waals surface area contributed by atoms with Crippen molar-refractivity contribution in [2.45, 2.75) is 13.8 Å². The second-order valence-corrected chi connectivity index (χ2v) is 7.85. The summed E-state index contributed by atoms with van der Waals surface area (Å²) in [5.74, 6) is 0.700. The molecule has 5 rings (SSSR count). The Hall–Kier alpha value is -4.25. The second kappa shape index (κ2) is 8.12. The zero-order chi connectivity index (χ0) is 22.1. The van der Waals surface area contributed by atoms with Crippen molar-refractivity contribution in [3.8, 4) is 22.6 Å². The van der Waals surface area contributed by atoms with Gasteiger partial charge in [-0.15, -0.1) is 0 Å². The fraction of sp³-hybridized carbons (Fsp3) is 0.0741. The number of benzene rings is 2. The minimum atomic E-state index is 0.700. The largest absolute Gasteiger partial charge is 0.337 e. The van der Waals surface area contributed by atoms with Crippen LogP contribution >= 0.6 is 0 Å². The normalized spacial score (nSPS) is 12.6.